The third-order valence-corrected chi connectivity index (χ3v) is 5.45. The Morgan fingerprint density at radius 3 is 3.00 bits per heavy atom. The average Bonchev–Trinajstić information content (AvgIpc) is 3.16. The van der Waals surface area contributed by atoms with Gasteiger partial charge in [-0.05, 0) is 18.6 Å². The third-order valence-electron chi connectivity index (χ3n) is 5.45. The number of fused-ring (bicyclic) bond motifs is 2. The number of likely N-dealkylation sites (tertiary alicyclic amines) is 1. The Balaban J connectivity index is 1.70. The second kappa shape index (κ2) is 5.31. The largest absolute Gasteiger partial charge is 0.381 e. The average molecular weight is 328 g/mol. The molecule has 2 amide bonds. The van der Waals surface area contributed by atoms with E-state index in [-0.39, 0.29) is 17.7 Å². The van der Waals surface area contributed by atoms with E-state index < -0.39 is 5.41 Å². The maximum atomic E-state index is 13.1. The van der Waals surface area contributed by atoms with Crippen LogP contribution in [0.2, 0.25) is 0 Å². The number of hydrogen-bond acceptors (Lipinski definition) is 4. The van der Waals surface area contributed by atoms with Crippen molar-refractivity contribution < 1.29 is 14.3 Å². The molecule has 7 nitrogen and oxygen atoms in total. The van der Waals surface area contributed by atoms with Gasteiger partial charge in [0.1, 0.15) is 0 Å². The number of ether oxygens (including phenoxy) is 1. The molecule has 0 bridgehead atoms. The molecule has 2 aromatic rings. The number of amides is 2. The monoisotopic (exact) mass is 328 g/mol. The predicted octanol–water partition coefficient (Wildman–Crippen LogP) is 0.537. The SMILES string of the molecule is Cn1cnc2cccc(C(=O)N3C[C@@H]4COCC[C@]4(C(N)=O)C3)c21. The first-order chi connectivity index (χ1) is 11.5. The van der Waals surface area contributed by atoms with Gasteiger partial charge in [-0.1, -0.05) is 6.07 Å². The zero-order valence-corrected chi connectivity index (χ0v) is 13.6. The van der Waals surface area contributed by atoms with E-state index >= 15 is 0 Å². The van der Waals surface area contributed by atoms with Crippen LogP contribution in [0.15, 0.2) is 24.5 Å². The fourth-order valence-electron chi connectivity index (χ4n) is 4.06. The number of nitrogens with zero attached hydrogens (tertiary/aromatic N) is 3. The van der Waals surface area contributed by atoms with Crippen molar-refractivity contribution in [2.24, 2.45) is 24.1 Å². The number of carbonyl (C=O) groups is 2. The Kier molecular flexibility index (Phi) is 3.35. The molecular formula is C17H20N4O3. The molecule has 2 N–H and O–H groups in total. The minimum atomic E-state index is -0.658. The van der Waals surface area contributed by atoms with Crippen molar-refractivity contribution in [1.82, 2.24) is 14.5 Å². The highest BCUT2D eigenvalue weighted by Crippen LogP contribution is 2.42. The molecule has 7 heteroatoms. The molecule has 0 saturated carbocycles. The highest BCUT2D eigenvalue weighted by molar-refractivity contribution is 6.05. The lowest BCUT2D eigenvalue weighted by molar-refractivity contribution is -0.135. The highest BCUT2D eigenvalue weighted by atomic mass is 16.5. The third kappa shape index (κ3) is 2.04. The molecule has 0 aliphatic carbocycles. The van der Waals surface area contributed by atoms with Gasteiger partial charge in [-0.25, -0.2) is 4.98 Å². The molecule has 2 atom stereocenters. The van der Waals surface area contributed by atoms with E-state index in [9.17, 15) is 9.59 Å². The van der Waals surface area contributed by atoms with Crippen molar-refractivity contribution in [3.05, 3.63) is 30.1 Å². The molecule has 2 aliphatic rings. The van der Waals surface area contributed by atoms with Crippen LogP contribution in [-0.4, -0.2) is 52.6 Å². The molecule has 4 rings (SSSR count). The Hall–Kier alpha value is -2.41. The summed E-state index contributed by atoms with van der Waals surface area (Å²) < 4.78 is 7.36. The summed E-state index contributed by atoms with van der Waals surface area (Å²) in [5.41, 5.74) is 7.23. The van der Waals surface area contributed by atoms with Crippen molar-refractivity contribution in [2.75, 3.05) is 26.3 Å². The fraction of sp³-hybridized carbons (Fsp3) is 0.471. The highest BCUT2D eigenvalue weighted by Gasteiger charge is 2.53. The van der Waals surface area contributed by atoms with Crippen LogP contribution in [0.1, 0.15) is 16.8 Å². The number of benzene rings is 1. The van der Waals surface area contributed by atoms with Crippen LogP contribution in [0.3, 0.4) is 0 Å². The Morgan fingerprint density at radius 2 is 2.25 bits per heavy atom. The fourth-order valence-corrected chi connectivity index (χ4v) is 4.06. The van der Waals surface area contributed by atoms with E-state index in [1.807, 2.05) is 29.8 Å². The van der Waals surface area contributed by atoms with Gasteiger partial charge >= 0.3 is 0 Å². The number of hydrogen-bond donors (Lipinski definition) is 1. The molecular weight excluding hydrogens is 308 g/mol. The Morgan fingerprint density at radius 1 is 1.42 bits per heavy atom. The van der Waals surface area contributed by atoms with Gasteiger partial charge in [0.2, 0.25) is 5.91 Å². The van der Waals surface area contributed by atoms with Crippen molar-refractivity contribution in [1.29, 1.82) is 0 Å². The number of aryl methyl sites for hydroxylation is 1. The summed E-state index contributed by atoms with van der Waals surface area (Å²) in [4.78, 5) is 31.3. The summed E-state index contributed by atoms with van der Waals surface area (Å²) in [6, 6.07) is 5.52. The predicted molar refractivity (Wildman–Crippen MR) is 87.2 cm³/mol. The second-order valence-electron chi connectivity index (χ2n) is 6.76. The minimum absolute atomic E-state index is 0.0292. The van der Waals surface area contributed by atoms with Crippen molar-refractivity contribution >= 4 is 22.8 Å². The number of aromatic nitrogens is 2. The van der Waals surface area contributed by atoms with Crippen LogP contribution in [0.5, 0.6) is 0 Å². The van der Waals surface area contributed by atoms with E-state index in [0.29, 0.717) is 38.3 Å². The standard InChI is InChI=1S/C17H20N4O3/c1-20-10-19-13-4-2-3-12(14(13)20)15(22)21-7-11-8-24-6-5-17(11,9-21)16(18)23/h2-4,10-11H,5-9H2,1H3,(H2,18,23)/t11-,17+/m1/s1. The lowest BCUT2D eigenvalue weighted by Crippen LogP contribution is -2.48. The van der Waals surface area contributed by atoms with Crippen LogP contribution in [0.4, 0.5) is 0 Å². The molecule has 2 fully saturated rings. The summed E-state index contributed by atoms with van der Waals surface area (Å²) >= 11 is 0. The maximum Gasteiger partial charge on any atom is 0.256 e. The maximum absolute atomic E-state index is 13.1. The molecule has 0 spiro atoms. The number of carbonyl (C=O) groups excluding carboxylic acids is 2. The normalized spacial score (nSPS) is 26.5. The number of rotatable bonds is 2. The van der Waals surface area contributed by atoms with Crippen LogP contribution >= 0.6 is 0 Å². The molecule has 2 saturated heterocycles. The van der Waals surface area contributed by atoms with Gasteiger partial charge in [0.05, 0.1) is 34.9 Å². The van der Waals surface area contributed by atoms with Crippen molar-refractivity contribution in [2.45, 2.75) is 6.42 Å². The number of imidazole rings is 1. The molecule has 0 radical (unpaired) electrons. The molecule has 24 heavy (non-hydrogen) atoms. The first-order valence-electron chi connectivity index (χ1n) is 8.10. The molecule has 0 unspecified atom stereocenters. The van der Waals surface area contributed by atoms with E-state index in [4.69, 9.17) is 10.5 Å². The lowest BCUT2D eigenvalue weighted by atomic mass is 9.74. The zero-order valence-electron chi connectivity index (χ0n) is 13.6. The summed E-state index contributed by atoms with van der Waals surface area (Å²) in [5, 5.41) is 0. The van der Waals surface area contributed by atoms with Crippen LogP contribution in [0.25, 0.3) is 11.0 Å². The summed E-state index contributed by atoms with van der Waals surface area (Å²) in [6.45, 7) is 1.85. The van der Waals surface area contributed by atoms with E-state index in [2.05, 4.69) is 4.98 Å². The molecule has 2 aliphatic heterocycles. The van der Waals surface area contributed by atoms with Crippen molar-refractivity contribution in [3.63, 3.8) is 0 Å². The van der Waals surface area contributed by atoms with Gasteiger partial charge in [0, 0.05) is 32.7 Å². The zero-order chi connectivity index (χ0) is 16.9. The molecule has 3 heterocycles. The first-order valence-corrected chi connectivity index (χ1v) is 8.10. The summed E-state index contributed by atoms with van der Waals surface area (Å²) in [7, 11) is 1.87. The summed E-state index contributed by atoms with van der Waals surface area (Å²) in [6.07, 6.45) is 2.27. The number of para-hydroxylation sites is 1. The van der Waals surface area contributed by atoms with Gasteiger partial charge in [0.15, 0.2) is 0 Å². The van der Waals surface area contributed by atoms with Gasteiger partial charge in [-0.15, -0.1) is 0 Å². The van der Waals surface area contributed by atoms with Crippen LogP contribution in [-0.2, 0) is 16.6 Å². The van der Waals surface area contributed by atoms with E-state index in [1.54, 1.807) is 11.2 Å². The van der Waals surface area contributed by atoms with E-state index in [0.717, 1.165) is 11.0 Å². The Bertz CT molecular complexity index is 830. The lowest BCUT2D eigenvalue weighted by Gasteiger charge is -2.34. The number of nitrogens with two attached hydrogens (primary N) is 1. The van der Waals surface area contributed by atoms with Crippen molar-refractivity contribution in [3.8, 4) is 0 Å². The van der Waals surface area contributed by atoms with E-state index in [1.165, 1.54) is 0 Å². The smallest absolute Gasteiger partial charge is 0.256 e. The van der Waals surface area contributed by atoms with Gasteiger partial charge < -0.3 is 19.9 Å². The molecule has 1 aromatic carbocycles. The first kappa shape index (κ1) is 15.1. The van der Waals surface area contributed by atoms with Gasteiger partial charge in [-0.2, -0.15) is 0 Å². The molecule has 1 aromatic heterocycles. The quantitative estimate of drug-likeness (QED) is 0.871. The minimum Gasteiger partial charge on any atom is -0.381 e. The summed E-state index contributed by atoms with van der Waals surface area (Å²) in [5.74, 6) is -0.442. The van der Waals surface area contributed by atoms with Crippen LogP contribution in [0, 0.1) is 11.3 Å². The van der Waals surface area contributed by atoms with Gasteiger partial charge in [0.25, 0.3) is 5.91 Å². The second-order valence-corrected chi connectivity index (χ2v) is 6.76. The molecule has 126 valence electrons. The topological polar surface area (TPSA) is 90.4 Å². The van der Waals surface area contributed by atoms with Crippen LogP contribution < -0.4 is 5.73 Å². The number of primary amides is 1. The Labute approximate surface area is 139 Å². The van der Waals surface area contributed by atoms with Gasteiger partial charge in [-0.3, -0.25) is 9.59 Å².